The van der Waals surface area contributed by atoms with Gasteiger partial charge in [-0.1, -0.05) is 23.7 Å². The number of amides is 3. The summed E-state index contributed by atoms with van der Waals surface area (Å²) in [6.07, 6.45) is 1.87. The van der Waals surface area contributed by atoms with Crippen LogP contribution in [-0.2, 0) is 27.2 Å². The van der Waals surface area contributed by atoms with Crippen molar-refractivity contribution < 1.29 is 14.4 Å². The van der Waals surface area contributed by atoms with Crippen LogP contribution in [0.15, 0.2) is 36.4 Å². The molecule has 2 N–H and O–H groups in total. The molecule has 2 heterocycles. The average molecular weight is 370 g/mol. The number of carbonyl (C=O) groups excluding carboxylic acids is 3. The van der Waals surface area contributed by atoms with Crippen molar-refractivity contribution in [2.75, 3.05) is 22.1 Å². The highest BCUT2D eigenvalue weighted by Gasteiger charge is 2.31. The third-order valence-electron chi connectivity index (χ3n) is 4.64. The first kappa shape index (κ1) is 16.6. The van der Waals surface area contributed by atoms with Crippen molar-refractivity contribution in [3.8, 4) is 0 Å². The lowest BCUT2D eigenvalue weighted by atomic mass is 9.98. The number of halogens is 1. The molecule has 3 amide bonds. The van der Waals surface area contributed by atoms with E-state index in [4.69, 9.17) is 11.6 Å². The number of benzene rings is 2. The van der Waals surface area contributed by atoms with Crippen LogP contribution in [0.5, 0.6) is 0 Å². The van der Waals surface area contributed by atoms with Gasteiger partial charge in [-0.05, 0) is 48.2 Å². The molecule has 0 spiro atoms. The molecule has 0 bridgehead atoms. The summed E-state index contributed by atoms with van der Waals surface area (Å²) in [5.41, 5.74) is 3.97. The smallest absolute Gasteiger partial charge is 0.314 e. The van der Waals surface area contributed by atoms with Crippen LogP contribution >= 0.6 is 11.6 Å². The van der Waals surface area contributed by atoms with Crippen LogP contribution in [0.1, 0.15) is 17.5 Å². The summed E-state index contributed by atoms with van der Waals surface area (Å²) < 4.78 is 0. The van der Waals surface area contributed by atoms with Crippen LogP contribution in [0, 0.1) is 0 Å². The molecule has 7 heteroatoms. The molecule has 2 aromatic carbocycles. The highest BCUT2D eigenvalue weighted by Crippen LogP contribution is 2.38. The van der Waals surface area contributed by atoms with Crippen molar-refractivity contribution in [3.63, 3.8) is 0 Å². The lowest BCUT2D eigenvalue weighted by Gasteiger charge is -2.25. The third kappa shape index (κ3) is 2.93. The van der Waals surface area contributed by atoms with E-state index in [9.17, 15) is 14.4 Å². The van der Waals surface area contributed by atoms with Crippen molar-refractivity contribution in [1.82, 2.24) is 0 Å². The van der Waals surface area contributed by atoms with E-state index in [0.717, 1.165) is 23.2 Å². The second-order valence-electron chi connectivity index (χ2n) is 6.33. The molecule has 0 saturated carbocycles. The maximum absolute atomic E-state index is 12.2. The molecule has 0 aliphatic carbocycles. The number of nitrogens with one attached hydrogen (secondary N) is 2. The zero-order valence-electron chi connectivity index (χ0n) is 13.8. The van der Waals surface area contributed by atoms with E-state index in [1.807, 2.05) is 17.0 Å². The minimum Gasteiger partial charge on any atom is -0.318 e. The Hall–Kier alpha value is -2.86. The van der Waals surface area contributed by atoms with Gasteiger partial charge in [-0.3, -0.25) is 14.4 Å². The van der Waals surface area contributed by atoms with Gasteiger partial charge in [0.25, 0.3) is 0 Å². The summed E-state index contributed by atoms with van der Waals surface area (Å²) in [5.74, 6) is -1.41. The molecule has 132 valence electrons. The molecule has 0 aromatic heterocycles. The second kappa shape index (κ2) is 6.46. The molecule has 2 aliphatic heterocycles. The van der Waals surface area contributed by atoms with Crippen LogP contribution in [0.3, 0.4) is 0 Å². The molecule has 2 aliphatic rings. The molecule has 4 rings (SSSR count). The highest BCUT2D eigenvalue weighted by atomic mass is 35.5. The Labute approximate surface area is 155 Å². The first-order valence-electron chi connectivity index (χ1n) is 8.36. The molecule has 0 unspecified atom stereocenters. The number of rotatable bonds is 2. The van der Waals surface area contributed by atoms with Crippen LogP contribution in [-0.4, -0.2) is 24.3 Å². The number of carbonyl (C=O) groups is 3. The predicted molar refractivity (Wildman–Crippen MR) is 99.5 cm³/mol. The number of para-hydroxylation sites is 1. The Balaban J connectivity index is 1.51. The fourth-order valence-electron chi connectivity index (χ4n) is 3.46. The Kier molecular flexibility index (Phi) is 4.12. The zero-order chi connectivity index (χ0) is 18.3. The summed E-state index contributed by atoms with van der Waals surface area (Å²) in [4.78, 5) is 38.1. The molecule has 0 radical (unpaired) electrons. The van der Waals surface area contributed by atoms with Crippen molar-refractivity contribution in [1.29, 1.82) is 0 Å². The van der Waals surface area contributed by atoms with E-state index in [1.165, 1.54) is 0 Å². The van der Waals surface area contributed by atoms with E-state index in [2.05, 4.69) is 10.6 Å². The fraction of sp³-hybridized carbons (Fsp3) is 0.211. The Bertz CT molecular complexity index is 942. The predicted octanol–water partition coefficient (Wildman–Crippen LogP) is 2.75. The first-order valence-corrected chi connectivity index (χ1v) is 8.74. The molecule has 26 heavy (non-hydrogen) atoms. The van der Waals surface area contributed by atoms with Crippen LogP contribution in [0.4, 0.5) is 17.1 Å². The molecular weight excluding hydrogens is 354 g/mol. The monoisotopic (exact) mass is 369 g/mol. The Morgan fingerprint density at radius 2 is 1.65 bits per heavy atom. The van der Waals surface area contributed by atoms with Gasteiger partial charge in [-0.2, -0.15) is 0 Å². The zero-order valence-corrected chi connectivity index (χ0v) is 14.6. The van der Waals surface area contributed by atoms with Gasteiger partial charge in [0.15, 0.2) is 0 Å². The summed E-state index contributed by atoms with van der Waals surface area (Å²) >= 11 is 5.99. The largest absolute Gasteiger partial charge is 0.318 e. The SMILES string of the molecule is O=C(Nc1cc2c3c(c1)CCN3C(=O)CC2)C(=O)Nc1ccccc1Cl. The standard InChI is InChI=1S/C19H16ClN3O3/c20-14-3-1-2-4-15(14)22-19(26)18(25)21-13-9-11-5-6-16(24)23-8-7-12(10-13)17(11)23/h1-4,9-10H,5-8H2,(H,21,25)(H,22,26). The van der Waals surface area contributed by atoms with E-state index in [0.29, 0.717) is 35.8 Å². The van der Waals surface area contributed by atoms with Gasteiger partial charge in [-0.25, -0.2) is 0 Å². The second-order valence-corrected chi connectivity index (χ2v) is 6.73. The molecule has 0 saturated heterocycles. The van der Waals surface area contributed by atoms with Gasteiger partial charge >= 0.3 is 11.8 Å². The number of aryl methyl sites for hydroxylation is 1. The highest BCUT2D eigenvalue weighted by molar-refractivity contribution is 6.44. The topological polar surface area (TPSA) is 78.5 Å². The number of hydrogen-bond donors (Lipinski definition) is 2. The van der Waals surface area contributed by atoms with Gasteiger partial charge in [0, 0.05) is 18.7 Å². The van der Waals surface area contributed by atoms with Crippen molar-refractivity contribution in [3.05, 3.63) is 52.5 Å². The van der Waals surface area contributed by atoms with Crippen molar-refractivity contribution in [2.24, 2.45) is 0 Å². The lowest BCUT2D eigenvalue weighted by molar-refractivity contribution is -0.132. The molecule has 0 fully saturated rings. The number of hydrogen-bond acceptors (Lipinski definition) is 3. The minimum absolute atomic E-state index is 0.146. The number of anilines is 3. The van der Waals surface area contributed by atoms with Crippen molar-refractivity contribution >= 4 is 46.4 Å². The third-order valence-corrected chi connectivity index (χ3v) is 4.97. The Morgan fingerprint density at radius 3 is 2.42 bits per heavy atom. The quantitative estimate of drug-likeness (QED) is 0.799. The van der Waals surface area contributed by atoms with Crippen LogP contribution in [0.2, 0.25) is 5.02 Å². The van der Waals surface area contributed by atoms with E-state index < -0.39 is 11.8 Å². The minimum atomic E-state index is -0.788. The average Bonchev–Trinajstić information content (AvgIpc) is 3.05. The Morgan fingerprint density at radius 1 is 0.962 bits per heavy atom. The maximum atomic E-state index is 12.2. The van der Waals surface area contributed by atoms with Gasteiger partial charge in [0.1, 0.15) is 0 Å². The summed E-state index contributed by atoms with van der Waals surface area (Å²) in [5, 5.41) is 5.50. The van der Waals surface area contributed by atoms with Gasteiger partial charge in [0.2, 0.25) is 5.91 Å². The van der Waals surface area contributed by atoms with Crippen molar-refractivity contribution in [2.45, 2.75) is 19.3 Å². The summed E-state index contributed by atoms with van der Waals surface area (Å²) in [6, 6.07) is 10.4. The first-order chi connectivity index (χ1) is 12.5. The van der Waals surface area contributed by atoms with Gasteiger partial charge in [-0.15, -0.1) is 0 Å². The van der Waals surface area contributed by atoms with Crippen LogP contribution in [0.25, 0.3) is 0 Å². The van der Waals surface area contributed by atoms with Gasteiger partial charge in [0.05, 0.1) is 16.4 Å². The molecule has 0 atom stereocenters. The fourth-order valence-corrected chi connectivity index (χ4v) is 3.64. The molecule has 6 nitrogen and oxygen atoms in total. The van der Waals surface area contributed by atoms with Crippen LogP contribution < -0.4 is 15.5 Å². The molecular formula is C19H16ClN3O3. The summed E-state index contributed by atoms with van der Waals surface area (Å²) in [6.45, 7) is 0.672. The maximum Gasteiger partial charge on any atom is 0.314 e. The van der Waals surface area contributed by atoms with E-state index in [-0.39, 0.29) is 5.91 Å². The van der Waals surface area contributed by atoms with E-state index >= 15 is 0 Å². The molecule has 2 aromatic rings. The summed E-state index contributed by atoms with van der Waals surface area (Å²) in [7, 11) is 0. The lowest BCUT2D eigenvalue weighted by Crippen LogP contribution is -2.33. The van der Waals surface area contributed by atoms with E-state index in [1.54, 1.807) is 24.3 Å². The normalized spacial score (nSPS) is 14.8. The van der Waals surface area contributed by atoms with Gasteiger partial charge < -0.3 is 15.5 Å². The number of nitrogens with zero attached hydrogens (tertiary/aromatic N) is 1.